The van der Waals surface area contributed by atoms with Crippen LogP contribution in [-0.2, 0) is 0 Å². The predicted molar refractivity (Wildman–Crippen MR) is 106 cm³/mol. The first-order valence-corrected chi connectivity index (χ1v) is 8.54. The van der Waals surface area contributed by atoms with Gasteiger partial charge in [-0.3, -0.25) is 25.8 Å². The molecule has 0 atom stereocenters. The number of nitrogens with zero attached hydrogens (tertiary/aromatic N) is 3. The number of hydrogen-bond donors (Lipinski definition) is 3. The van der Waals surface area contributed by atoms with Crippen molar-refractivity contribution in [3.8, 4) is 0 Å². The molecule has 1 amide bonds. The molecule has 1 heterocycles. The van der Waals surface area contributed by atoms with E-state index in [1.807, 2.05) is 0 Å². The number of amides is 1. The van der Waals surface area contributed by atoms with Gasteiger partial charge in [0.2, 0.25) is 11.6 Å². The number of nitro groups is 1. The summed E-state index contributed by atoms with van der Waals surface area (Å²) < 4.78 is 0. The average Bonchev–Trinajstić information content (AvgIpc) is 2.68. The molecule has 0 aliphatic rings. The van der Waals surface area contributed by atoms with Crippen LogP contribution < -0.4 is 16.2 Å². The summed E-state index contributed by atoms with van der Waals surface area (Å²) >= 11 is 11.8. The van der Waals surface area contributed by atoms with Gasteiger partial charge in [-0.1, -0.05) is 35.3 Å². The monoisotopic (exact) mass is 418 g/mol. The molecule has 0 radical (unpaired) electrons. The van der Waals surface area contributed by atoms with Crippen LogP contribution in [0.25, 0.3) is 0 Å². The van der Waals surface area contributed by atoms with E-state index in [-0.39, 0.29) is 22.2 Å². The van der Waals surface area contributed by atoms with Crippen LogP contribution in [0.4, 0.5) is 23.0 Å². The van der Waals surface area contributed by atoms with Crippen LogP contribution >= 0.6 is 23.2 Å². The van der Waals surface area contributed by atoms with E-state index in [0.717, 1.165) is 6.33 Å². The van der Waals surface area contributed by atoms with Crippen LogP contribution in [0.5, 0.6) is 0 Å². The van der Waals surface area contributed by atoms with Crippen LogP contribution in [-0.4, -0.2) is 20.8 Å². The highest BCUT2D eigenvalue weighted by Gasteiger charge is 2.24. The highest BCUT2D eigenvalue weighted by Crippen LogP contribution is 2.31. The molecule has 0 fully saturated rings. The van der Waals surface area contributed by atoms with Crippen LogP contribution in [0.1, 0.15) is 10.4 Å². The Labute approximate surface area is 168 Å². The third kappa shape index (κ3) is 4.45. The van der Waals surface area contributed by atoms with Gasteiger partial charge >= 0.3 is 5.69 Å². The number of benzene rings is 2. The van der Waals surface area contributed by atoms with Crippen molar-refractivity contribution in [2.24, 2.45) is 0 Å². The number of carbonyl (C=O) groups is 1. The van der Waals surface area contributed by atoms with Crippen molar-refractivity contribution in [2.45, 2.75) is 0 Å². The number of rotatable bonds is 6. The first-order valence-electron chi connectivity index (χ1n) is 7.78. The standard InChI is InChI=1S/C17H12Cl2N6O3/c18-10-5-7-11(8-6-10)22-15-14(25(27)28)16(21-9-20-15)23-24-17(26)12-3-1-2-4-13(12)19/h1-9H,(H,24,26)(H2,20,21,22,23). The fourth-order valence-corrected chi connectivity index (χ4v) is 2.58. The number of aromatic nitrogens is 2. The van der Waals surface area contributed by atoms with E-state index in [1.54, 1.807) is 42.5 Å². The van der Waals surface area contributed by atoms with E-state index in [4.69, 9.17) is 23.2 Å². The van der Waals surface area contributed by atoms with Gasteiger partial charge in [0.25, 0.3) is 5.91 Å². The third-order valence-corrected chi connectivity index (χ3v) is 4.11. The summed E-state index contributed by atoms with van der Waals surface area (Å²) in [5.41, 5.74) is 5.07. The Morgan fingerprint density at radius 1 is 1.00 bits per heavy atom. The Bertz CT molecular complexity index is 1030. The topological polar surface area (TPSA) is 122 Å². The molecule has 3 rings (SSSR count). The second kappa shape index (κ2) is 8.51. The van der Waals surface area contributed by atoms with Gasteiger partial charge in [-0.15, -0.1) is 0 Å². The Morgan fingerprint density at radius 2 is 1.68 bits per heavy atom. The molecular formula is C17H12Cl2N6O3. The van der Waals surface area contributed by atoms with Crippen LogP contribution in [0.2, 0.25) is 10.0 Å². The van der Waals surface area contributed by atoms with Gasteiger partial charge in [-0.05, 0) is 36.4 Å². The number of nitrogens with one attached hydrogen (secondary N) is 3. The lowest BCUT2D eigenvalue weighted by Gasteiger charge is -2.11. The average molecular weight is 419 g/mol. The molecule has 11 heteroatoms. The molecule has 9 nitrogen and oxygen atoms in total. The molecular weight excluding hydrogens is 407 g/mol. The van der Waals surface area contributed by atoms with E-state index in [1.165, 1.54) is 6.07 Å². The molecule has 0 unspecified atom stereocenters. The molecule has 3 N–H and O–H groups in total. The summed E-state index contributed by atoms with van der Waals surface area (Å²) in [4.78, 5) is 30.8. The molecule has 3 aromatic rings. The van der Waals surface area contributed by atoms with E-state index >= 15 is 0 Å². The molecule has 0 aliphatic heterocycles. The van der Waals surface area contributed by atoms with Crippen molar-refractivity contribution in [3.05, 3.63) is 80.6 Å². The summed E-state index contributed by atoms with van der Waals surface area (Å²) in [5, 5.41) is 15.1. The zero-order valence-electron chi connectivity index (χ0n) is 14.0. The van der Waals surface area contributed by atoms with Crippen molar-refractivity contribution in [1.82, 2.24) is 15.4 Å². The summed E-state index contributed by atoms with van der Waals surface area (Å²) in [6.07, 6.45) is 1.12. The van der Waals surface area contributed by atoms with Gasteiger partial charge in [0.15, 0.2) is 0 Å². The summed E-state index contributed by atoms with van der Waals surface area (Å²) in [6, 6.07) is 12.9. The second-order valence-electron chi connectivity index (χ2n) is 5.37. The molecule has 142 valence electrons. The van der Waals surface area contributed by atoms with Gasteiger partial charge in [0.1, 0.15) is 6.33 Å². The van der Waals surface area contributed by atoms with Crippen LogP contribution in [0, 0.1) is 10.1 Å². The van der Waals surface area contributed by atoms with Gasteiger partial charge in [-0.2, -0.15) is 0 Å². The molecule has 0 bridgehead atoms. The molecule has 2 aromatic carbocycles. The third-order valence-electron chi connectivity index (χ3n) is 3.52. The molecule has 28 heavy (non-hydrogen) atoms. The SMILES string of the molecule is O=C(NNc1ncnc(Nc2ccc(Cl)cc2)c1[N+](=O)[O-])c1ccccc1Cl. The Kier molecular flexibility index (Phi) is 5.87. The van der Waals surface area contributed by atoms with Crippen LogP contribution in [0.15, 0.2) is 54.9 Å². The first-order chi connectivity index (χ1) is 13.5. The Morgan fingerprint density at radius 3 is 2.36 bits per heavy atom. The second-order valence-corrected chi connectivity index (χ2v) is 6.21. The van der Waals surface area contributed by atoms with Crippen molar-refractivity contribution in [2.75, 3.05) is 10.7 Å². The smallest absolute Gasteiger partial charge is 0.334 e. The summed E-state index contributed by atoms with van der Waals surface area (Å²) in [6.45, 7) is 0. The molecule has 1 aromatic heterocycles. The molecule has 0 spiro atoms. The zero-order valence-corrected chi connectivity index (χ0v) is 15.5. The maximum absolute atomic E-state index is 12.2. The van der Waals surface area contributed by atoms with Gasteiger partial charge < -0.3 is 5.32 Å². The zero-order chi connectivity index (χ0) is 20.1. The van der Waals surface area contributed by atoms with Crippen molar-refractivity contribution in [1.29, 1.82) is 0 Å². The molecule has 0 saturated heterocycles. The fraction of sp³-hybridized carbons (Fsp3) is 0. The lowest BCUT2D eigenvalue weighted by molar-refractivity contribution is -0.383. The molecule has 0 aliphatic carbocycles. The van der Waals surface area contributed by atoms with E-state index in [2.05, 4.69) is 26.1 Å². The first kappa shape index (κ1) is 19.3. The maximum atomic E-state index is 12.2. The lowest BCUT2D eigenvalue weighted by Crippen LogP contribution is -2.30. The van der Waals surface area contributed by atoms with Crippen molar-refractivity contribution in [3.63, 3.8) is 0 Å². The number of hydrogen-bond acceptors (Lipinski definition) is 7. The highest BCUT2D eigenvalue weighted by molar-refractivity contribution is 6.33. The van der Waals surface area contributed by atoms with Gasteiger partial charge in [0.05, 0.1) is 15.5 Å². The minimum atomic E-state index is -0.664. The largest absolute Gasteiger partial charge is 0.355 e. The quantitative estimate of drug-likeness (QED) is 0.405. The number of halogens is 2. The minimum Gasteiger partial charge on any atom is -0.334 e. The van der Waals surface area contributed by atoms with Crippen LogP contribution in [0.3, 0.4) is 0 Å². The van der Waals surface area contributed by atoms with Gasteiger partial charge in [-0.25, -0.2) is 9.97 Å². The predicted octanol–water partition coefficient (Wildman–Crippen LogP) is 4.19. The Balaban J connectivity index is 1.83. The number of hydrazine groups is 1. The maximum Gasteiger partial charge on any atom is 0.355 e. The van der Waals surface area contributed by atoms with Gasteiger partial charge in [0, 0.05) is 10.7 Å². The fourth-order valence-electron chi connectivity index (χ4n) is 2.23. The Hall–Kier alpha value is -3.43. The highest BCUT2D eigenvalue weighted by atomic mass is 35.5. The number of anilines is 3. The lowest BCUT2D eigenvalue weighted by atomic mass is 10.2. The normalized spacial score (nSPS) is 10.2. The minimum absolute atomic E-state index is 0.0585. The van der Waals surface area contributed by atoms with Crippen molar-refractivity contribution < 1.29 is 9.72 Å². The van der Waals surface area contributed by atoms with E-state index < -0.39 is 16.5 Å². The van der Waals surface area contributed by atoms with E-state index in [9.17, 15) is 14.9 Å². The summed E-state index contributed by atoms with van der Waals surface area (Å²) in [5.74, 6) is -0.834. The van der Waals surface area contributed by atoms with Crippen molar-refractivity contribution >= 4 is 52.1 Å². The summed E-state index contributed by atoms with van der Waals surface area (Å²) in [7, 11) is 0. The molecule has 0 saturated carbocycles. The van der Waals surface area contributed by atoms with E-state index in [0.29, 0.717) is 10.7 Å². The number of carbonyl (C=O) groups excluding carboxylic acids is 1.